The van der Waals surface area contributed by atoms with Gasteiger partial charge in [0.25, 0.3) is 0 Å². The second-order valence-corrected chi connectivity index (χ2v) is 6.58. The van der Waals surface area contributed by atoms with Crippen LogP contribution >= 0.6 is 0 Å². The Hall–Kier alpha value is -2.40. The molecule has 1 aliphatic rings. The predicted octanol–water partition coefficient (Wildman–Crippen LogP) is 4.22. The van der Waals surface area contributed by atoms with Crippen molar-refractivity contribution in [2.75, 3.05) is 13.1 Å². The molecule has 4 nitrogen and oxygen atoms in total. The molecule has 3 rings (SSSR count). The van der Waals surface area contributed by atoms with Crippen LogP contribution in [0.3, 0.4) is 0 Å². The number of carboxylic acid groups (broad SMARTS) is 1. The van der Waals surface area contributed by atoms with Gasteiger partial charge in [-0.3, -0.25) is 4.90 Å². The number of likely N-dealkylation sites (tertiary alicyclic amines) is 1. The maximum Gasteiger partial charge on any atom is 0.405 e. The van der Waals surface area contributed by atoms with Crippen LogP contribution in [-0.2, 0) is 0 Å². The summed E-state index contributed by atoms with van der Waals surface area (Å²) in [7, 11) is 0. The average Bonchev–Trinajstić information content (AvgIpc) is 3.10. The normalized spacial score (nSPS) is 20.2. The van der Waals surface area contributed by atoms with Gasteiger partial charge in [0.05, 0.1) is 6.04 Å². The fraction of sp³-hybridized carbons (Fsp3) is 0.350. The first kappa shape index (κ1) is 17.4. The van der Waals surface area contributed by atoms with Gasteiger partial charge in [0, 0.05) is 18.2 Å². The minimum absolute atomic E-state index is 0.0409. The molecule has 0 aromatic heterocycles. The number of hydrogen-bond acceptors (Lipinski definition) is 2. The van der Waals surface area contributed by atoms with Gasteiger partial charge in [-0.2, -0.15) is 0 Å². The van der Waals surface area contributed by atoms with Crippen LogP contribution < -0.4 is 5.32 Å². The number of nitrogens with one attached hydrogen (secondary N) is 1. The van der Waals surface area contributed by atoms with Crippen molar-refractivity contribution in [3.63, 3.8) is 0 Å². The highest BCUT2D eigenvalue weighted by Crippen LogP contribution is 2.35. The van der Waals surface area contributed by atoms with E-state index in [1.165, 1.54) is 11.6 Å². The van der Waals surface area contributed by atoms with Gasteiger partial charge < -0.3 is 10.4 Å². The number of carbonyl (C=O) groups is 1. The van der Waals surface area contributed by atoms with Gasteiger partial charge in [0.15, 0.2) is 0 Å². The Balaban J connectivity index is 1.77. The molecule has 1 saturated heterocycles. The second kappa shape index (κ2) is 7.66. The lowest BCUT2D eigenvalue weighted by molar-refractivity contribution is 0.181. The van der Waals surface area contributed by atoms with Crippen LogP contribution in [0.2, 0.25) is 0 Å². The molecule has 2 unspecified atom stereocenters. The van der Waals surface area contributed by atoms with E-state index in [4.69, 9.17) is 0 Å². The lowest BCUT2D eigenvalue weighted by Crippen LogP contribution is -2.35. The zero-order valence-corrected chi connectivity index (χ0v) is 14.2. The maximum atomic E-state index is 14.2. The molecule has 1 heterocycles. The number of halogens is 1. The lowest BCUT2D eigenvalue weighted by atomic mass is 9.92. The first-order chi connectivity index (χ1) is 12.1. The van der Waals surface area contributed by atoms with Crippen molar-refractivity contribution in [1.29, 1.82) is 0 Å². The zero-order valence-electron chi connectivity index (χ0n) is 14.2. The monoisotopic (exact) mass is 342 g/mol. The number of hydrogen-bond donors (Lipinski definition) is 2. The van der Waals surface area contributed by atoms with E-state index in [-0.39, 0.29) is 17.8 Å². The molecule has 0 radical (unpaired) electrons. The van der Waals surface area contributed by atoms with Gasteiger partial charge in [-0.05, 0) is 37.4 Å². The molecular weight excluding hydrogens is 319 g/mol. The van der Waals surface area contributed by atoms with Crippen LogP contribution in [0.1, 0.15) is 36.6 Å². The third-order valence-electron chi connectivity index (χ3n) is 5.08. The molecule has 2 aromatic rings. The van der Waals surface area contributed by atoms with Crippen LogP contribution in [0.5, 0.6) is 0 Å². The summed E-state index contributed by atoms with van der Waals surface area (Å²) in [5.74, 6) is -0.324. The highest BCUT2D eigenvalue weighted by molar-refractivity contribution is 5.65. The molecule has 25 heavy (non-hydrogen) atoms. The Labute approximate surface area is 147 Å². The van der Waals surface area contributed by atoms with E-state index in [1.54, 1.807) is 18.2 Å². The average molecular weight is 342 g/mol. The highest BCUT2D eigenvalue weighted by atomic mass is 19.1. The van der Waals surface area contributed by atoms with Crippen LogP contribution in [-0.4, -0.2) is 29.2 Å². The molecule has 2 N–H and O–H groups in total. The number of amides is 1. The smallest absolute Gasteiger partial charge is 0.405 e. The quantitative estimate of drug-likeness (QED) is 0.855. The largest absolute Gasteiger partial charge is 0.465 e. The van der Waals surface area contributed by atoms with Gasteiger partial charge in [-0.1, -0.05) is 48.5 Å². The topological polar surface area (TPSA) is 52.6 Å². The van der Waals surface area contributed by atoms with E-state index in [0.717, 1.165) is 19.5 Å². The Morgan fingerprint density at radius 1 is 1.20 bits per heavy atom. The van der Waals surface area contributed by atoms with Crippen LogP contribution in [0, 0.1) is 11.7 Å². The summed E-state index contributed by atoms with van der Waals surface area (Å²) in [4.78, 5) is 13.6. The van der Waals surface area contributed by atoms with Crippen LogP contribution in [0.4, 0.5) is 9.18 Å². The molecule has 1 fully saturated rings. The van der Waals surface area contributed by atoms with E-state index in [2.05, 4.69) is 29.3 Å². The lowest BCUT2D eigenvalue weighted by Gasteiger charge is -2.27. The summed E-state index contributed by atoms with van der Waals surface area (Å²) >= 11 is 0. The number of nitrogens with zero attached hydrogens (tertiary/aromatic N) is 1. The third-order valence-corrected chi connectivity index (χ3v) is 5.08. The third kappa shape index (κ3) is 3.99. The van der Waals surface area contributed by atoms with E-state index in [1.807, 2.05) is 18.2 Å². The SMILES string of the molecule is C[C@@H](c1ccccc1)N1CCC(C(NC(=O)O)c2ccccc2F)C1. The van der Waals surface area contributed by atoms with Crippen molar-refractivity contribution in [3.05, 3.63) is 71.5 Å². The number of benzene rings is 2. The molecule has 0 saturated carbocycles. The van der Waals surface area contributed by atoms with Crippen LogP contribution in [0.25, 0.3) is 0 Å². The van der Waals surface area contributed by atoms with E-state index in [9.17, 15) is 14.3 Å². The summed E-state index contributed by atoms with van der Waals surface area (Å²) in [6, 6.07) is 16.4. The molecule has 132 valence electrons. The van der Waals surface area contributed by atoms with Crippen molar-refractivity contribution in [2.24, 2.45) is 5.92 Å². The second-order valence-electron chi connectivity index (χ2n) is 6.58. The Kier molecular flexibility index (Phi) is 5.34. The molecule has 0 bridgehead atoms. The summed E-state index contributed by atoms with van der Waals surface area (Å²) in [5, 5.41) is 11.7. The Morgan fingerprint density at radius 3 is 2.56 bits per heavy atom. The molecule has 1 amide bonds. The van der Waals surface area contributed by atoms with Gasteiger partial charge in [0.1, 0.15) is 5.82 Å². The summed E-state index contributed by atoms with van der Waals surface area (Å²) < 4.78 is 14.2. The van der Waals surface area contributed by atoms with Crippen molar-refractivity contribution >= 4 is 6.09 Å². The molecule has 1 aliphatic heterocycles. The first-order valence-corrected chi connectivity index (χ1v) is 8.59. The number of rotatable bonds is 5. The van der Waals surface area contributed by atoms with Gasteiger partial charge in [-0.25, -0.2) is 9.18 Å². The van der Waals surface area contributed by atoms with Crippen molar-refractivity contribution in [3.8, 4) is 0 Å². The summed E-state index contributed by atoms with van der Waals surface area (Å²) in [6.07, 6.45) is -0.293. The fourth-order valence-electron chi connectivity index (χ4n) is 3.69. The Morgan fingerprint density at radius 2 is 1.88 bits per heavy atom. The standard InChI is InChI=1S/C20H23FN2O2/c1-14(15-7-3-2-4-8-15)23-12-11-16(13-23)19(22-20(24)25)17-9-5-6-10-18(17)21/h2-10,14,16,19,22H,11-13H2,1H3,(H,24,25)/t14-,16?,19?/m0/s1. The van der Waals surface area contributed by atoms with E-state index in [0.29, 0.717) is 5.56 Å². The summed E-state index contributed by atoms with van der Waals surface area (Å²) in [6.45, 7) is 3.75. The zero-order chi connectivity index (χ0) is 17.8. The van der Waals surface area contributed by atoms with Crippen LogP contribution in [0.15, 0.2) is 54.6 Å². The van der Waals surface area contributed by atoms with Crippen molar-refractivity contribution in [1.82, 2.24) is 10.2 Å². The molecule has 2 aromatic carbocycles. The van der Waals surface area contributed by atoms with Crippen molar-refractivity contribution in [2.45, 2.75) is 25.4 Å². The van der Waals surface area contributed by atoms with Crippen molar-refractivity contribution < 1.29 is 14.3 Å². The fourth-order valence-corrected chi connectivity index (χ4v) is 3.69. The molecule has 0 aliphatic carbocycles. The van der Waals surface area contributed by atoms with Gasteiger partial charge >= 0.3 is 6.09 Å². The summed E-state index contributed by atoms with van der Waals surface area (Å²) in [5.41, 5.74) is 1.65. The first-order valence-electron chi connectivity index (χ1n) is 8.59. The maximum absolute atomic E-state index is 14.2. The molecule has 3 atom stereocenters. The molecule has 0 spiro atoms. The minimum Gasteiger partial charge on any atom is -0.465 e. The Bertz CT molecular complexity index is 723. The molecule has 5 heteroatoms. The minimum atomic E-state index is -1.12. The van der Waals surface area contributed by atoms with E-state index >= 15 is 0 Å². The van der Waals surface area contributed by atoms with E-state index < -0.39 is 12.1 Å². The molecular formula is C20H23FN2O2. The highest BCUT2D eigenvalue weighted by Gasteiger charge is 2.34. The van der Waals surface area contributed by atoms with Gasteiger partial charge in [-0.15, -0.1) is 0 Å². The predicted molar refractivity (Wildman–Crippen MR) is 94.8 cm³/mol. The van der Waals surface area contributed by atoms with Gasteiger partial charge in [0.2, 0.25) is 0 Å².